The third-order valence-corrected chi connectivity index (χ3v) is 6.42. The van der Waals surface area contributed by atoms with E-state index in [0.29, 0.717) is 16.3 Å². The molecule has 138 valence electrons. The third kappa shape index (κ3) is 4.83. The minimum Gasteiger partial charge on any atom is -0.274 e. The Bertz CT molecular complexity index is 814. The number of halogens is 1. The monoisotopic (exact) mass is 387 g/mol. The number of imide groups is 1. The molecule has 0 aliphatic carbocycles. The van der Waals surface area contributed by atoms with Crippen LogP contribution in [0.2, 0.25) is 30.7 Å². The van der Waals surface area contributed by atoms with Crippen LogP contribution in [0.3, 0.4) is 0 Å². The molecule has 2 aromatic rings. The van der Waals surface area contributed by atoms with E-state index < -0.39 is 14.0 Å². The molecule has 1 atom stereocenters. The molecular formula is C21H26ClNO2Si. The van der Waals surface area contributed by atoms with Gasteiger partial charge in [0, 0.05) is 15.0 Å². The number of amides is 2. The molecule has 0 aliphatic rings. The van der Waals surface area contributed by atoms with Crippen LogP contribution < -0.4 is 4.90 Å². The van der Waals surface area contributed by atoms with Crippen LogP contribution in [-0.4, -0.2) is 19.9 Å². The van der Waals surface area contributed by atoms with Crippen LogP contribution in [0.25, 0.3) is 0 Å². The zero-order valence-electron chi connectivity index (χ0n) is 16.0. The first kappa shape index (κ1) is 20.4. The summed E-state index contributed by atoms with van der Waals surface area (Å²) in [5, 5.41) is 0.344. The molecule has 0 saturated heterocycles. The van der Waals surface area contributed by atoms with Crippen LogP contribution >= 0.6 is 11.6 Å². The Morgan fingerprint density at radius 2 is 1.62 bits per heavy atom. The fourth-order valence-electron chi connectivity index (χ4n) is 3.31. The Morgan fingerprint density at radius 1 is 1.04 bits per heavy atom. The van der Waals surface area contributed by atoms with Gasteiger partial charge < -0.3 is 0 Å². The van der Waals surface area contributed by atoms with E-state index in [4.69, 9.17) is 11.6 Å². The maximum absolute atomic E-state index is 13.1. The normalized spacial score (nSPS) is 12.5. The van der Waals surface area contributed by atoms with Gasteiger partial charge in [0.25, 0.3) is 5.91 Å². The van der Waals surface area contributed by atoms with Crippen molar-refractivity contribution >= 4 is 37.2 Å². The predicted octanol–water partition coefficient (Wildman–Crippen LogP) is 5.98. The van der Waals surface area contributed by atoms with E-state index in [0.717, 1.165) is 11.6 Å². The molecule has 26 heavy (non-hydrogen) atoms. The summed E-state index contributed by atoms with van der Waals surface area (Å²) in [6.07, 6.45) is 0. The van der Waals surface area contributed by atoms with E-state index in [1.54, 1.807) is 24.3 Å². The van der Waals surface area contributed by atoms with E-state index in [1.165, 1.54) is 11.8 Å². The largest absolute Gasteiger partial charge is 0.274 e. The van der Waals surface area contributed by atoms with Gasteiger partial charge in [-0.15, -0.1) is 0 Å². The fourth-order valence-corrected chi connectivity index (χ4v) is 5.59. The molecule has 0 bridgehead atoms. The molecule has 2 rings (SSSR count). The van der Waals surface area contributed by atoms with Gasteiger partial charge in [-0.1, -0.05) is 74.5 Å². The summed E-state index contributed by atoms with van der Waals surface area (Å²) in [6, 6.07) is 15.6. The third-order valence-electron chi connectivity index (χ3n) is 4.25. The van der Waals surface area contributed by atoms with Crippen LogP contribution in [0.4, 0.5) is 5.69 Å². The van der Waals surface area contributed by atoms with Gasteiger partial charge in [0.1, 0.15) is 0 Å². The number of hydrogen-bond acceptors (Lipinski definition) is 2. The number of anilines is 1. The smallest absolute Gasteiger partial charge is 0.266 e. The Hall–Kier alpha value is -1.91. The van der Waals surface area contributed by atoms with Crippen molar-refractivity contribution < 1.29 is 9.59 Å². The highest BCUT2D eigenvalue weighted by Gasteiger charge is 2.28. The molecule has 0 aliphatic heterocycles. The topological polar surface area (TPSA) is 37.4 Å². The zero-order chi connectivity index (χ0) is 19.5. The first-order valence-electron chi connectivity index (χ1n) is 8.80. The number of rotatable bonds is 5. The van der Waals surface area contributed by atoms with Crippen molar-refractivity contribution in [3.05, 3.63) is 64.7 Å². The Labute approximate surface area is 162 Å². The highest BCUT2D eigenvalue weighted by molar-refractivity contribution is 6.76. The molecule has 2 amide bonds. The quantitative estimate of drug-likeness (QED) is 0.592. The molecule has 0 heterocycles. The Kier molecular flexibility index (Phi) is 6.42. The van der Waals surface area contributed by atoms with E-state index in [9.17, 15) is 9.59 Å². The number of nitrogens with zero attached hydrogens (tertiary/aromatic N) is 1. The summed E-state index contributed by atoms with van der Waals surface area (Å²) < 4.78 is 0. The first-order valence-corrected chi connectivity index (χ1v) is 12.9. The molecule has 0 saturated carbocycles. The van der Waals surface area contributed by atoms with Crippen molar-refractivity contribution in [2.45, 2.75) is 45.5 Å². The van der Waals surface area contributed by atoms with Crippen LogP contribution in [0.15, 0.2) is 48.5 Å². The Balaban J connectivity index is 2.51. The second-order valence-electron chi connectivity index (χ2n) is 7.86. The van der Waals surface area contributed by atoms with Gasteiger partial charge in [-0.25, -0.2) is 4.90 Å². The van der Waals surface area contributed by atoms with Crippen LogP contribution in [-0.2, 0) is 4.79 Å². The Morgan fingerprint density at radius 3 is 2.19 bits per heavy atom. The van der Waals surface area contributed by atoms with Gasteiger partial charge in [-0.05, 0) is 29.7 Å². The fraction of sp³-hybridized carbons (Fsp3) is 0.333. The van der Waals surface area contributed by atoms with Crippen molar-refractivity contribution in [1.82, 2.24) is 0 Å². The first-order chi connectivity index (χ1) is 12.1. The minimum absolute atomic E-state index is 0.263. The summed E-state index contributed by atoms with van der Waals surface area (Å²) in [6.45, 7) is 10.5. The van der Waals surface area contributed by atoms with Gasteiger partial charge in [-0.3, -0.25) is 9.59 Å². The van der Waals surface area contributed by atoms with Crippen LogP contribution in [0, 0.1) is 0 Å². The maximum Gasteiger partial charge on any atom is 0.266 e. The average molecular weight is 388 g/mol. The lowest BCUT2D eigenvalue weighted by Crippen LogP contribution is -2.36. The second-order valence-corrected chi connectivity index (χ2v) is 13.8. The lowest BCUT2D eigenvalue weighted by molar-refractivity contribution is -0.115. The van der Waals surface area contributed by atoms with Gasteiger partial charge in [0.2, 0.25) is 5.91 Å². The number of hydrogen-bond donors (Lipinski definition) is 0. The van der Waals surface area contributed by atoms with Gasteiger partial charge in [-0.2, -0.15) is 0 Å². The number of benzene rings is 2. The summed E-state index contributed by atoms with van der Waals surface area (Å²) in [4.78, 5) is 26.7. The molecule has 5 heteroatoms. The molecular weight excluding hydrogens is 362 g/mol. The second kappa shape index (κ2) is 8.19. The molecule has 0 aromatic heterocycles. The van der Waals surface area contributed by atoms with Crippen molar-refractivity contribution in [3.8, 4) is 0 Å². The highest BCUT2D eigenvalue weighted by atomic mass is 35.5. The molecule has 0 N–H and O–H groups in total. The van der Waals surface area contributed by atoms with Gasteiger partial charge in [0.05, 0.1) is 16.3 Å². The van der Waals surface area contributed by atoms with E-state index in [-0.39, 0.29) is 11.8 Å². The number of para-hydroxylation sites is 1. The van der Waals surface area contributed by atoms with E-state index in [2.05, 4.69) is 26.6 Å². The maximum atomic E-state index is 13.1. The molecule has 2 aromatic carbocycles. The van der Waals surface area contributed by atoms with E-state index in [1.807, 2.05) is 24.3 Å². The van der Waals surface area contributed by atoms with Crippen molar-refractivity contribution in [2.24, 2.45) is 0 Å². The van der Waals surface area contributed by atoms with Gasteiger partial charge in [0.15, 0.2) is 0 Å². The summed E-state index contributed by atoms with van der Waals surface area (Å²) in [5.74, 6) is -0.447. The molecule has 0 spiro atoms. The lowest BCUT2D eigenvalue weighted by Gasteiger charge is -2.27. The number of carbonyl (C=O) groups is 2. The van der Waals surface area contributed by atoms with Gasteiger partial charge >= 0.3 is 0 Å². The van der Waals surface area contributed by atoms with Crippen molar-refractivity contribution in [2.75, 3.05) is 4.90 Å². The highest BCUT2D eigenvalue weighted by Crippen LogP contribution is 2.34. The molecule has 0 radical (unpaired) electrons. The molecule has 1 unspecified atom stereocenters. The average Bonchev–Trinajstić information content (AvgIpc) is 2.53. The van der Waals surface area contributed by atoms with Crippen molar-refractivity contribution in [1.29, 1.82) is 0 Å². The summed E-state index contributed by atoms with van der Waals surface area (Å²) in [5.41, 5.74) is 2.00. The SMILES string of the molecule is CC(=O)N(C(=O)c1ccccc1Cl)c1ccccc1C(C)C[Si](C)(C)C. The zero-order valence-corrected chi connectivity index (χ0v) is 17.8. The molecule has 3 nitrogen and oxygen atoms in total. The van der Waals surface area contributed by atoms with Crippen LogP contribution in [0.1, 0.15) is 35.7 Å². The molecule has 0 fully saturated rings. The van der Waals surface area contributed by atoms with Crippen molar-refractivity contribution in [3.63, 3.8) is 0 Å². The number of carbonyl (C=O) groups excluding carboxylic acids is 2. The van der Waals surface area contributed by atoms with Crippen LogP contribution in [0.5, 0.6) is 0 Å². The summed E-state index contributed by atoms with van der Waals surface area (Å²) >= 11 is 6.19. The lowest BCUT2D eigenvalue weighted by atomic mass is 9.99. The minimum atomic E-state index is -1.30. The summed E-state index contributed by atoms with van der Waals surface area (Å²) in [7, 11) is -1.30. The standard InChI is InChI=1S/C21H26ClNO2Si/c1-15(14-26(3,4)5)17-10-7-9-13-20(17)23(16(2)24)21(25)18-11-6-8-12-19(18)22/h6-13,15H,14H2,1-5H3. The predicted molar refractivity (Wildman–Crippen MR) is 112 cm³/mol. The van der Waals surface area contributed by atoms with E-state index >= 15 is 0 Å².